The van der Waals surface area contributed by atoms with Crippen LogP contribution < -0.4 is 21.3 Å². The van der Waals surface area contributed by atoms with Gasteiger partial charge in [0.25, 0.3) is 11.5 Å². The summed E-state index contributed by atoms with van der Waals surface area (Å²) in [6.07, 6.45) is 0. The number of carbonyl (C=O) groups is 2. The van der Waals surface area contributed by atoms with E-state index in [-0.39, 0.29) is 52.6 Å². The van der Waals surface area contributed by atoms with Crippen molar-refractivity contribution in [2.75, 3.05) is 7.11 Å². The summed E-state index contributed by atoms with van der Waals surface area (Å²) in [6.45, 7) is 6.97. The Labute approximate surface area is 200 Å². The number of Topliss-reactive ketones (excluding diaryl/α,β-unsaturated/α-hetero) is 1. The van der Waals surface area contributed by atoms with E-state index in [1.165, 1.54) is 28.2 Å². The number of hydrogen-bond acceptors (Lipinski definition) is 6. The van der Waals surface area contributed by atoms with Crippen LogP contribution in [0.3, 0.4) is 0 Å². The van der Waals surface area contributed by atoms with Gasteiger partial charge in [-0.05, 0) is 58.0 Å². The molecule has 0 aliphatic rings. The summed E-state index contributed by atoms with van der Waals surface area (Å²) in [6, 6.07) is 10.8. The molecular formula is C25H27N5O5. The van der Waals surface area contributed by atoms with E-state index < -0.39 is 5.69 Å². The van der Waals surface area contributed by atoms with Gasteiger partial charge in [-0.3, -0.25) is 19.0 Å². The van der Waals surface area contributed by atoms with Crippen LogP contribution in [0.5, 0.6) is 5.75 Å². The van der Waals surface area contributed by atoms with Crippen molar-refractivity contribution < 1.29 is 14.3 Å². The van der Waals surface area contributed by atoms with Gasteiger partial charge in [0.1, 0.15) is 12.3 Å². The van der Waals surface area contributed by atoms with E-state index in [9.17, 15) is 19.2 Å². The molecule has 10 heteroatoms. The molecule has 2 aromatic heterocycles. The van der Waals surface area contributed by atoms with E-state index in [0.717, 1.165) is 4.68 Å². The van der Waals surface area contributed by atoms with Crippen LogP contribution in [0.4, 0.5) is 0 Å². The van der Waals surface area contributed by atoms with Crippen LogP contribution in [-0.2, 0) is 6.54 Å². The lowest BCUT2D eigenvalue weighted by molar-refractivity contribution is 0.0940. The lowest BCUT2D eigenvalue weighted by Crippen LogP contribution is -2.31. The Morgan fingerprint density at radius 2 is 1.77 bits per heavy atom. The van der Waals surface area contributed by atoms with Crippen LogP contribution in [0.15, 0.2) is 52.1 Å². The number of amides is 1. The standard InChI is InChI=1S/C25H27N5O5/c1-14(2)26-22(32)17-9-10-19-20(12-17)30-24(29(15(3)4)23(19)33)27-28(25(30)34)13-21(31)16-7-6-8-18(11-16)35-5/h6-12,14-15H,13H2,1-5H3,(H,26,32). The highest BCUT2D eigenvalue weighted by molar-refractivity contribution is 5.98. The van der Waals surface area contributed by atoms with Crippen LogP contribution in [0, 0.1) is 0 Å². The molecule has 0 saturated carbocycles. The summed E-state index contributed by atoms with van der Waals surface area (Å²) in [5, 5.41) is 7.43. The second-order valence-electron chi connectivity index (χ2n) is 8.86. The Morgan fingerprint density at radius 1 is 1.03 bits per heavy atom. The van der Waals surface area contributed by atoms with Gasteiger partial charge in [-0.1, -0.05) is 12.1 Å². The zero-order valence-corrected chi connectivity index (χ0v) is 20.2. The van der Waals surface area contributed by atoms with Crippen molar-refractivity contribution in [3.8, 4) is 5.75 Å². The lowest BCUT2D eigenvalue weighted by atomic mass is 10.1. The summed E-state index contributed by atoms with van der Waals surface area (Å²) in [4.78, 5) is 52.2. The van der Waals surface area contributed by atoms with Crippen molar-refractivity contribution in [3.05, 3.63) is 74.4 Å². The summed E-state index contributed by atoms with van der Waals surface area (Å²) in [5.41, 5.74) is 0.00315. The average molecular weight is 478 g/mol. The number of carbonyl (C=O) groups excluding carboxylic acids is 2. The molecule has 1 N–H and O–H groups in total. The minimum absolute atomic E-state index is 0.0831. The Hall–Kier alpha value is -4.21. The highest BCUT2D eigenvalue weighted by atomic mass is 16.5. The number of rotatable bonds is 7. The Kier molecular flexibility index (Phi) is 6.29. The van der Waals surface area contributed by atoms with E-state index in [4.69, 9.17) is 4.74 Å². The minimum atomic E-state index is -0.586. The molecule has 0 atom stereocenters. The van der Waals surface area contributed by atoms with Gasteiger partial charge in [0.2, 0.25) is 5.78 Å². The molecule has 0 radical (unpaired) electrons. The number of ether oxygens (including phenoxy) is 1. The molecule has 0 aliphatic carbocycles. The topological polar surface area (TPSA) is 117 Å². The van der Waals surface area contributed by atoms with Crippen molar-refractivity contribution in [2.45, 2.75) is 46.3 Å². The quantitative estimate of drug-likeness (QED) is 0.409. The third kappa shape index (κ3) is 4.34. The fraction of sp³-hybridized carbons (Fsp3) is 0.320. The van der Waals surface area contributed by atoms with Crippen molar-refractivity contribution in [1.82, 2.24) is 24.1 Å². The summed E-state index contributed by atoms with van der Waals surface area (Å²) >= 11 is 0. The predicted molar refractivity (Wildman–Crippen MR) is 132 cm³/mol. The molecule has 0 aliphatic heterocycles. The average Bonchev–Trinajstić information content (AvgIpc) is 3.13. The Bertz CT molecular complexity index is 1580. The second kappa shape index (κ2) is 9.21. The van der Waals surface area contributed by atoms with Crippen LogP contribution in [-0.4, -0.2) is 43.6 Å². The largest absolute Gasteiger partial charge is 0.497 e. The van der Waals surface area contributed by atoms with Gasteiger partial charge in [0, 0.05) is 23.2 Å². The monoisotopic (exact) mass is 477 g/mol. The van der Waals surface area contributed by atoms with Crippen molar-refractivity contribution in [3.63, 3.8) is 0 Å². The second-order valence-corrected chi connectivity index (χ2v) is 8.86. The summed E-state index contributed by atoms with van der Waals surface area (Å²) in [5.74, 6) is -0.0433. The predicted octanol–water partition coefficient (Wildman–Crippen LogP) is 2.42. The summed E-state index contributed by atoms with van der Waals surface area (Å²) < 4.78 is 8.90. The molecule has 4 rings (SSSR count). The Morgan fingerprint density at radius 3 is 2.43 bits per heavy atom. The van der Waals surface area contributed by atoms with E-state index in [0.29, 0.717) is 16.9 Å². The van der Waals surface area contributed by atoms with Crippen molar-refractivity contribution in [2.24, 2.45) is 0 Å². The zero-order valence-electron chi connectivity index (χ0n) is 20.2. The number of nitrogens with zero attached hydrogens (tertiary/aromatic N) is 4. The fourth-order valence-electron chi connectivity index (χ4n) is 3.96. The van der Waals surface area contributed by atoms with Gasteiger partial charge in [0.15, 0.2) is 5.78 Å². The summed E-state index contributed by atoms with van der Waals surface area (Å²) in [7, 11) is 1.50. The normalized spacial score (nSPS) is 11.5. The maximum Gasteiger partial charge on any atom is 0.352 e. The van der Waals surface area contributed by atoms with Crippen LogP contribution in [0.2, 0.25) is 0 Å². The first-order chi connectivity index (χ1) is 16.6. The third-order valence-electron chi connectivity index (χ3n) is 5.61. The number of fused-ring (bicyclic) bond motifs is 3. The highest BCUT2D eigenvalue weighted by Gasteiger charge is 2.21. The first-order valence-electron chi connectivity index (χ1n) is 11.3. The molecule has 10 nitrogen and oxygen atoms in total. The van der Waals surface area contributed by atoms with E-state index >= 15 is 0 Å². The third-order valence-corrected chi connectivity index (χ3v) is 5.61. The molecule has 0 unspecified atom stereocenters. The number of hydrogen-bond donors (Lipinski definition) is 1. The van der Waals surface area contributed by atoms with Gasteiger partial charge in [0.05, 0.1) is 18.0 Å². The molecule has 182 valence electrons. The van der Waals surface area contributed by atoms with Gasteiger partial charge in [-0.15, -0.1) is 5.10 Å². The number of benzene rings is 2. The molecule has 1 amide bonds. The van der Waals surface area contributed by atoms with Gasteiger partial charge >= 0.3 is 5.69 Å². The van der Waals surface area contributed by atoms with Crippen LogP contribution in [0.25, 0.3) is 16.7 Å². The first-order valence-corrected chi connectivity index (χ1v) is 11.3. The van der Waals surface area contributed by atoms with Gasteiger partial charge < -0.3 is 10.1 Å². The lowest BCUT2D eigenvalue weighted by Gasteiger charge is -2.13. The zero-order chi connectivity index (χ0) is 25.4. The number of ketones is 1. The van der Waals surface area contributed by atoms with E-state index in [2.05, 4.69) is 10.4 Å². The molecule has 4 aromatic rings. The maximum atomic E-state index is 13.4. The first kappa shape index (κ1) is 23.9. The van der Waals surface area contributed by atoms with Crippen LogP contribution >= 0.6 is 0 Å². The smallest absolute Gasteiger partial charge is 0.352 e. The molecule has 0 bridgehead atoms. The maximum absolute atomic E-state index is 13.4. The van der Waals surface area contributed by atoms with Crippen LogP contribution in [0.1, 0.15) is 54.5 Å². The molecule has 2 heterocycles. The molecular weight excluding hydrogens is 450 g/mol. The number of methoxy groups -OCH3 is 1. The minimum Gasteiger partial charge on any atom is -0.497 e. The molecule has 0 fully saturated rings. The molecule has 0 saturated heterocycles. The van der Waals surface area contributed by atoms with Gasteiger partial charge in [-0.25, -0.2) is 13.9 Å². The van der Waals surface area contributed by atoms with Crippen molar-refractivity contribution in [1.29, 1.82) is 0 Å². The molecule has 35 heavy (non-hydrogen) atoms. The molecule has 0 spiro atoms. The Balaban J connectivity index is 1.92. The molecule has 2 aromatic carbocycles. The van der Waals surface area contributed by atoms with E-state index in [1.807, 2.05) is 27.7 Å². The SMILES string of the molecule is COc1cccc(C(=O)Cn2nc3n(C(C)C)c(=O)c4ccc(C(=O)NC(C)C)cc4n3c2=O)c1. The van der Waals surface area contributed by atoms with Gasteiger partial charge in [-0.2, -0.15) is 0 Å². The van der Waals surface area contributed by atoms with E-state index in [1.54, 1.807) is 30.3 Å². The fourth-order valence-corrected chi connectivity index (χ4v) is 3.96. The number of aromatic nitrogens is 4. The van der Waals surface area contributed by atoms with Crippen molar-refractivity contribution >= 4 is 28.4 Å². The highest BCUT2D eigenvalue weighted by Crippen LogP contribution is 2.17. The number of nitrogens with one attached hydrogen (secondary N) is 1.